The van der Waals surface area contributed by atoms with Crippen molar-refractivity contribution in [1.29, 1.82) is 0 Å². The predicted octanol–water partition coefficient (Wildman–Crippen LogP) is 3.31. The van der Waals surface area contributed by atoms with E-state index in [0.717, 1.165) is 29.8 Å². The van der Waals surface area contributed by atoms with Gasteiger partial charge in [-0.3, -0.25) is 0 Å². The highest BCUT2D eigenvalue weighted by molar-refractivity contribution is 5.76. The Hall–Kier alpha value is -1.35. The first kappa shape index (κ1) is 13.1. The molecule has 0 saturated carbocycles. The van der Waals surface area contributed by atoms with Crippen LogP contribution >= 0.6 is 0 Å². The van der Waals surface area contributed by atoms with Crippen molar-refractivity contribution in [3.05, 3.63) is 29.6 Å². The number of hydrogen-bond acceptors (Lipinski definition) is 2. The average molecular weight is 245 g/mol. The molecule has 1 atom stereocenters. The first-order valence-electron chi connectivity index (χ1n) is 6.62. The highest BCUT2D eigenvalue weighted by atomic mass is 14.9. The Morgan fingerprint density at radius 2 is 2.06 bits per heavy atom. The highest BCUT2D eigenvalue weighted by Crippen LogP contribution is 2.26. The van der Waals surface area contributed by atoms with Gasteiger partial charge in [-0.25, -0.2) is 4.98 Å². The largest absolute Gasteiger partial charge is 0.342 e. The summed E-state index contributed by atoms with van der Waals surface area (Å²) in [7, 11) is 0. The van der Waals surface area contributed by atoms with E-state index in [4.69, 9.17) is 5.73 Å². The van der Waals surface area contributed by atoms with Crippen LogP contribution in [-0.2, 0) is 5.41 Å². The molecule has 1 aromatic heterocycles. The van der Waals surface area contributed by atoms with Crippen molar-refractivity contribution in [1.82, 2.24) is 9.97 Å². The maximum Gasteiger partial charge on any atom is 0.112 e. The van der Waals surface area contributed by atoms with Gasteiger partial charge in [-0.1, -0.05) is 33.8 Å². The lowest BCUT2D eigenvalue weighted by molar-refractivity contribution is 0.554. The lowest BCUT2D eigenvalue weighted by atomic mass is 9.96. The number of aromatic amines is 1. The summed E-state index contributed by atoms with van der Waals surface area (Å²) in [5.41, 5.74) is 9.18. The van der Waals surface area contributed by atoms with E-state index in [-0.39, 0.29) is 5.41 Å². The van der Waals surface area contributed by atoms with Gasteiger partial charge in [0.25, 0.3) is 0 Å². The fraction of sp³-hybridized carbons (Fsp3) is 0.533. The SMILES string of the molecule is CC(CCN)c1ccc2nc(C(C)(C)C)[nH]c2c1. The van der Waals surface area contributed by atoms with Crippen molar-refractivity contribution in [2.75, 3.05) is 6.54 Å². The van der Waals surface area contributed by atoms with Gasteiger partial charge >= 0.3 is 0 Å². The van der Waals surface area contributed by atoms with E-state index in [9.17, 15) is 0 Å². The number of H-pyrrole nitrogens is 1. The number of benzene rings is 1. The number of hydrogen-bond donors (Lipinski definition) is 2. The Morgan fingerprint density at radius 3 is 2.67 bits per heavy atom. The highest BCUT2D eigenvalue weighted by Gasteiger charge is 2.18. The summed E-state index contributed by atoms with van der Waals surface area (Å²) in [6, 6.07) is 6.47. The standard InChI is InChI=1S/C15H23N3/c1-10(7-8-16)11-5-6-12-13(9-11)18-14(17-12)15(2,3)4/h5-6,9-10H,7-8,16H2,1-4H3,(H,17,18). The molecule has 1 heterocycles. The molecule has 3 heteroatoms. The van der Waals surface area contributed by atoms with Crippen LogP contribution in [0.2, 0.25) is 0 Å². The summed E-state index contributed by atoms with van der Waals surface area (Å²) in [5, 5.41) is 0. The monoisotopic (exact) mass is 245 g/mol. The second-order valence-corrected chi connectivity index (χ2v) is 6.09. The van der Waals surface area contributed by atoms with Gasteiger partial charge < -0.3 is 10.7 Å². The van der Waals surface area contributed by atoms with Crippen LogP contribution in [0.5, 0.6) is 0 Å². The molecular formula is C15H23N3. The topological polar surface area (TPSA) is 54.7 Å². The molecule has 18 heavy (non-hydrogen) atoms. The maximum atomic E-state index is 5.62. The Labute approximate surface area is 109 Å². The molecule has 1 unspecified atom stereocenters. The lowest BCUT2D eigenvalue weighted by Gasteiger charge is -2.13. The molecule has 0 amide bonds. The minimum Gasteiger partial charge on any atom is -0.342 e. The van der Waals surface area contributed by atoms with Gasteiger partial charge in [-0.05, 0) is 36.6 Å². The number of nitrogens with one attached hydrogen (secondary N) is 1. The number of nitrogens with two attached hydrogens (primary N) is 1. The number of fused-ring (bicyclic) bond motifs is 1. The summed E-state index contributed by atoms with van der Waals surface area (Å²) < 4.78 is 0. The molecule has 0 saturated heterocycles. The van der Waals surface area contributed by atoms with E-state index in [2.05, 4.69) is 55.9 Å². The van der Waals surface area contributed by atoms with Crippen molar-refractivity contribution in [2.24, 2.45) is 5.73 Å². The van der Waals surface area contributed by atoms with Crippen molar-refractivity contribution in [3.63, 3.8) is 0 Å². The Kier molecular flexibility index (Phi) is 3.44. The zero-order valence-corrected chi connectivity index (χ0v) is 11.7. The van der Waals surface area contributed by atoms with Crippen LogP contribution in [0.25, 0.3) is 11.0 Å². The van der Waals surface area contributed by atoms with Gasteiger partial charge in [0.2, 0.25) is 0 Å². The van der Waals surface area contributed by atoms with E-state index < -0.39 is 0 Å². The molecule has 0 aliphatic heterocycles. The molecule has 98 valence electrons. The van der Waals surface area contributed by atoms with Crippen LogP contribution in [0.1, 0.15) is 51.4 Å². The fourth-order valence-corrected chi connectivity index (χ4v) is 2.11. The molecule has 0 aliphatic carbocycles. The van der Waals surface area contributed by atoms with Crippen LogP contribution in [0.3, 0.4) is 0 Å². The molecule has 0 aliphatic rings. The molecule has 3 nitrogen and oxygen atoms in total. The van der Waals surface area contributed by atoms with Crippen LogP contribution in [0.15, 0.2) is 18.2 Å². The Morgan fingerprint density at radius 1 is 1.33 bits per heavy atom. The van der Waals surface area contributed by atoms with Crippen molar-refractivity contribution < 1.29 is 0 Å². The minimum absolute atomic E-state index is 0.0576. The molecule has 0 bridgehead atoms. The number of imidazole rings is 1. The Balaban J connectivity index is 2.40. The second-order valence-electron chi connectivity index (χ2n) is 6.09. The molecule has 0 fully saturated rings. The van der Waals surface area contributed by atoms with Crippen molar-refractivity contribution >= 4 is 11.0 Å². The van der Waals surface area contributed by atoms with Gasteiger partial charge in [0, 0.05) is 5.41 Å². The van der Waals surface area contributed by atoms with Gasteiger partial charge in [0.05, 0.1) is 11.0 Å². The third kappa shape index (κ3) is 2.56. The summed E-state index contributed by atoms with van der Waals surface area (Å²) in [5.74, 6) is 1.54. The van der Waals surface area contributed by atoms with Gasteiger partial charge in [0.1, 0.15) is 5.82 Å². The predicted molar refractivity (Wildman–Crippen MR) is 76.9 cm³/mol. The average Bonchev–Trinajstić information content (AvgIpc) is 2.71. The maximum absolute atomic E-state index is 5.62. The minimum atomic E-state index is 0.0576. The van der Waals surface area contributed by atoms with Crippen LogP contribution in [0, 0.1) is 0 Å². The lowest BCUT2D eigenvalue weighted by Crippen LogP contribution is -2.12. The van der Waals surface area contributed by atoms with Gasteiger partial charge in [0.15, 0.2) is 0 Å². The van der Waals surface area contributed by atoms with E-state index in [1.54, 1.807) is 0 Å². The smallest absolute Gasteiger partial charge is 0.112 e. The quantitative estimate of drug-likeness (QED) is 0.871. The molecule has 0 spiro atoms. The molecule has 3 N–H and O–H groups in total. The van der Waals surface area contributed by atoms with E-state index in [1.807, 2.05) is 0 Å². The number of rotatable bonds is 3. The summed E-state index contributed by atoms with van der Waals surface area (Å²) in [4.78, 5) is 8.08. The molecule has 0 radical (unpaired) electrons. The molecule has 2 rings (SSSR count). The second kappa shape index (κ2) is 4.73. The van der Waals surface area contributed by atoms with Gasteiger partial charge in [-0.15, -0.1) is 0 Å². The van der Waals surface area contributed by atoms with E-state index in [1.165, 1.54) is 5.56 Å². The first-order valence-corrected chi connectivity index (χ1v) is 6.62. The summed E-state index contributed by atoms with van der Waals surface area (Å²) in [6.07, 6.45) is 1.02. The number of nitrogens with zero attached hydrogens (tertiary/aromatic N) is 1. The van der Waals surface area contributed by atoms with Crippen LogP contribution in [-0.4, -0.2) is 16.5 Å². The van der Waals surface area contributed by atoms with E-state index in [0.29, 0.717) is 5.92 Å². The summed E-state index contributed by atoms with van der Waals surface area (Å²) >= 11 is 0. The van der Waals surface area contributed by atoms with E-state index >= 15 is 0 Å². The zero-order chi connectivity index (χ0) is 13.3. The van der Waals surface area contributed by atoms with Crippen molar-refractivity contribution in [2.45, 2.75) is 45.4 Å². The molecular weight excluding hydrogens is 222 g/mol. The molecule has 1 aromatic carbocycles. The number of aromatic nitrogens is 2. The third-order valence-electron chi connectivity index (χ3n) is 3.39. The summed E-state index contributed by atoms with van der Waals surface area (Å²) in [6.45, 7) is 9.46. The zero-order valence-electron chi connectivity index (χ0n) is 11.7. The fourth-order valence-electron chi connectivity index (χ4n) is 2.11. The third-order valence-corrected chi connectivity index (χ3v) is 3.39. The Bertz CT molecular complexity index is 534. The van der Waals surface area contributed by atoms with Crippen LogP contribution in [0.4, 0.5) is 0 Å². The normalized spacial score (nSPS) is 14.1. The first-order chi connectivity index (χ1) is 8.41. The molecule has 2 aromatic rings. The van der Waals surface area contributed by atoms with Gasteiger partial charge in [-0.2, -0.15) is 0 Å². The van der Waals surface area contributed by atoms with Crippen LogP contribution < -0.4 is 5.73 Å². The van der Waals surface area contributed by atoms with Crippen molar-refractivity contribution in [3.8, 4) is 0 Å².